The van der Waals surface area contributed by atoms with Gasteiger partial charge in [-0.2, -0.15) is 0 Å². The van der Waals surface area contributed by atoms with Gasteiger partial charge in [0.15, 0.2) is 28.2 Å². The van der Waals surface area contributed by atoms with Crippen LogP contribution in [-0.2, 0) is 40.7 Å². The molecule has 2 N–H and O–H groups in total. The average molecular weight is 1110 g/mol. The lowest BCUT2D eigenvalue weighted by molar-refractivity contribution is -0.137. The van der Waals surface area contributed by atoms with E-state index in [0.717, 1.165) is 39.6 Å². The summed E-state index contributed by atoms with van der Waals surface area (Å²) in [6.45, 7) is 19.4. The molecule has 7 rings (SSSR count). The number of amides is 1. The fourth-order valence-corrected chi connectivity index (χ4v) is 13.3. The van der Waals surface area contributed by atoms with Gasteiger partial charge in [-0.3, -0.25) is 0 Å². The van der Waals surface area contributed by atoms with Crippen LogP contribution >= 0.6 is 11.8 Å². The van der Waals surface area contributed by atoms with Crippen molar-refractivity contribution >= 4 is 55.5 Å². The fraction of sp³-hybridized carbons (Fsp3) is 0.288. The number of halogens is 4. The van der Waals surface area contributed by atoms with E-state index in [9.17, 15) is 26.4 Å². The van der Waals surface area contributed by atoms with E-state index in [1.807, 2.05) is 30.3 Å². The van der Waals surface area contributed by atoms with Crippen LogP contribution in [0.15, 0.2) is 124 Å². The molecule has 0 spiro atoms. The standard InChI is InChI=1S/C59H60F4N2O9S3/c1-10-51(66)72-26-25-64-59(67)73-27-28-75-57-53(60)55(62)58(56(63)54(57)61)77(70,71)65-76(68,69)50-20-12-11-15-45(50)52-43-23-21-37(29-46-39(33(2)3)16-13-17-40(46)34(4)5)31-48(43)74-49-32-38(22-24-44(49)52)30-47-41(35(6)7)18-14-19-42(47)36(8)9/h10-24,29,31-36,65H,1,25-28,30H2,2-9H3,(H,64,67)/b37-29+. The highest BCUT2D eigenvalue weighted by Gasteiger charge is 2.38. The normalized spacial score (nSPS) is 12.7. The summed E-state index contributed by atoms with van der Waals surface area (Å²) in [6.07, 6.45) is 2.54. The Hall–Kier alpha value is -6.73. The first-order valence-electron chi connectivity index (χ1n) is 24.9. The number of carbonyl (C=O) groups is 2. The molecular weight excluding hydrogens is 1050 g/mol. The maximum atomic E-state index is 15.8. The molecule has 11 nitrogen and oxygen atoms in total. The first-order chi connectivity index (χ1) is 36.4. The van der Waals surface area contributed by atoms with Crippen molar-refractivity contribution in [1.82, 2.24) is 9.44 Å². The van der Waals surface area contributed by atoms with Gasteiger partial charge in [-0.15, -0.1) is 15.9 Å². The van der Waals surface area contributed by atoms with Crippen molar-refractivity contribution in [1.29, 1.82) is 0 Å². The molecule has 0 saturated heterocycles. The minimum atomic E-state index is -5.95. The maximum Gasteiger partial charge on any atom is 0.407 e. The molecule has 6 aromatic rings. The molecule has 1 aliphatic heterocycles. The van der Waals surface area contributed by atoms with Crippen molar-refractivity contribution in [3.63, 3.8) is 0 Å². The van der Waals surface area contributed by atoms with Crippen molar-refractivity contribution in [2.24, 2.45) is 0 Å². The van der Waals surface area contributed by atoms with Gasteiger partial charge in [-0.1, -0.05) is 135 Å². The van der Waals surface area contributed by atoms with Crippen LogP contribution in [0.25, 0.3) is 11.6 Å². The molecule has 0 fully saturated rings. The van der Waals surface area contributed by atoms with E-state index in [4.69, 9.17) is 14.2 Å². The molecule has 0 unspecified atom stereocenters. The van der Waals surface area contributed by atoms with Gasteiger partial charge in [-0.05, 0) is 105 Å². The molecule has 0 atom stereocenters. The molecule has 1 aliphatic rings. The molecule has 1 amide bonds. The fourth-order valence-electron chi connectivity index (χ4n) is 9.28. The molecule has 0 aliphatic carbocycles. The van der Waals surface area contributed by atoms with Gasteiger partial charge in [0.1, 0.15) is 24.7 Å². The number of carbonyl (C=O) groups excluding carboxylic acids is 2. The zero-order chi connectivity index (χ0) is 56.1. The Morgan fingerprint density at radius 2 is 1.26 bits per heavy atom. The van der Waals surface area contributed by atoms with Gasteiger partial charge in [0.25, 0.3) is 20.0 Å². The molecule has 0 aromatic heterocycles. The third-order valence-electron chi connectivity index (χ3n) is 12.9. The van der Waals surface area contributed by atoms with Gasteiger partial charge in [0.05, 0.1) is 16.3 Å². The van der Waals surface area contributed by atoms with Crippen LogP contribution < -0.4 is 24.6 Å². The maximum absolute atomic E-state index is 15.8. The summed E-state index contributed by atoms with van der Waals surface area (Å²) in [4.78, 5) is 18.9. The molecular formula is C59H60F4N2O9S3. The highest BCUT2D eigenvalue weighted by Crippen LogP contribution is 2.41. The molecule has 77 heavy (non-hydrogen) atoms. The number of ether oxygens (including phenoxy) is 3. The van der Waals surface area contributed by atoms with Crippen LogP contribution in [0.4, 0.5) is 22.4 Å². The molecule has 6 aromatic carbocycles. The monoisotopic (exact) mass is 1110 g/mol. The first-order valence-corrected chi connectivity index (χ1v) is 28.9. The average Bonchev–Trinajstić information content (AvgIpc) is 3.39. The van der Waals surface area contributed by atoms with E-state index < -0.39 is 82.4 Å². The van der Waals surface area contributed by atoms with E-state index in [-0.39, 0.29) is 54.1 Å². The van der Waals surface area contributed by atoms with Gasteiger partial charge < -0.3 is 19.5 Å². The Bertz CT molecular complexity index is 3560. The minimum Gasteiger partial charge on any atom is -0.461 e. The number of fused-ring (bicyclic) bond motifs is 2. The van der Waals surface area contributed by atoms with Crippen molar-refractivity contribution in [3.05, 3.63) is 193 Å². The molecule has 1 heterocycles. The SMILES string of the molecule is C=CC(=O)OCCNC(=O)OCCSc1c(F)c(F)c(S(=O)(=O)NS(=O)(=O)c2ccccc2C2=c3cc/c(=C\c4c(C(C)C)cccc4C(C)C)cc3Oc3cc(Cc4c(C(C)C)cccc4C(C)C)ccc32)c(F)c1F. The molecule has 0 saturated carbocycles. The second-order valence-electron chi connectivity index (χ2n) is 19.6. The number of thioether (sulfide) groups is 1. The number of hydrogen-bond donors (Lipinski definition) is 2. The Kier molecular flexibility index (Phi) is 18.3. The highest BCUT2D eigenvalue weighted by molar-refractivity contribution is 8.04. The first kappa shape index (κ1) is 58.0. The lowest BCUT2D eigenvalue weighted by Crippen LogP contribution is -2.33. The Morgan fingerprint density at radius 1 is 0.662 bits per heavy atom. The Balaban J connectivity index is 1.29. The number of alkyl carbamates (subject to hydrolysis) is 1. The minimum absolute atomic E-state index is 0.0259. The number of rotatable bonds is 20. The van der Waals surface area contributed by atoms with Crippen molar-refractivity contribution in [2.75, 3.05) is 25.5 Å². The van der Waals surface area contributed by atoms with Crippen LogP contribution in [0.3, 0.4) is 0 Å². The molecule has 0 bridgehead atoms. The van der Waals surface area contributed by atoms with E-state index >= 15 is 17.6 Å². The number of sulfonamides is 2. The molecule has 406 valence electrons. The summed E-state index contributed by atoms with van der Waals surface area (Å²) in [5.41, 5.74) is 8.58. The topological polar surface area (TPSA) is 154 Å². The highest BCUT2D eigenvalue weighted by atomic mass is 32.3. The Morgan fingerprint density at radius 3 is 1.86 bits per heavy atom. The predicted molar refractivity (Wildman–Crippen MR) is 291 cm³/mol. The summed E-state index contributed by atoms with van der Waals surface area (Å²) in [6, 6.07) is 29.1. The summed E-state index contributed by atoms with van der Waals surface area (Å²) in [5.74, 6) is -8.67. The number of esters is 1. The smallest absolute Gasteiger partial charge is 0.407 e. The quantitative estimate of drug-likeness (QED) is 0.0188. The number of nitrogens with one attached hydrogen (secondary N) is 2. The van der Waals surface area contributed by atoms with Gasteiger partial charge in [-0.25, -0.2) is 44.0 Å². The van der Waals surface area contributed by atoms with E-state index in [0.29, 0.717) is 34.3 Å². The lowest BCUT2D eigenvalue weighted by atomic mass is 9.85. The summed E-state index contributed by atoms with van der Waals surface area (Å²) in [5, 5.41) is 3.46. The van der Waals surface area contributed by atoms with Crippen molar-refractivity contribution in [2.45, 2.75) is 100 Å². The van der Waals surface area contributed by atoms with Gasteiger partial charge in [0, 0.05) is 33.7 Å². The summed E-state index contributed by atoms with van der Waals surface area (Å²) < 4.78 is 137. The second kappa shape index (κ2) is 24.3. The third kappa shape index (κ3) is 12.8. The number of benzene rings is 6. The predicted octanol–water partition coefficient (Wildman–Crippen LogP) is 11.7. The van der Waals surface area contributed by atoms with Crippen LogP contribution in [0.1, 0.15) is 129 Å². The van der Waals surface area contributed by atoms with Crippen LogP contribution in [-0.4, -0.2) is 54.4 Å². The van der Waals surface area contributed by atoms with E-state index in [1.165, 1.54) is 39.0 Å². The van der Waals surface area contributed by atoms with Crippen LogP contribution in [0.5, 0.6) is 11.5 Å². The van der Waals surface area contributed by atoms with Gasteiger partial charge >= 0.3 is 12.1 Å². The number of hydrogen-bond acceptors (Lipinski definition) is 10. The Labute approximate surface area is 451 Å². The summed E-state index contributed by atoms with van der Waals surface area (Å²) in [7, 11) is -11.3. The van der Waals surface area contributed by atoms with Crippen LogP contribution in [0.2, 0.25) is 0 Å². The van der Waals surface area contributed by atoms with E-state index in [1.54, 1.807) is 12.1 Å². The summed E-state index contributed by atoms with van der Waals surface area (Å²) >= 11 is 0.160. The zero-order valence-corrected chi connectivity index (χ0v) is 46.3. The van der Waals surface area contributed by atoms with Crippen molar-refractivity contribution in [3.8, 4) is 11.5 Å². The lowest BCUT2D eigenvalue weighted by Gasteiger charge is -2.24. The molecule has 18 heteroatoms. The largest absolute Gasteiger partial charge is 0.461 e. The van der Waals surface area contributed by atoms with Crippen molar-refractivity contribution < 1.29 is 58.2 Å². The zero-order valence-electron chi connectivity index (χ0n) is 43.9. The van der Waals surface area contributed by atoms with Gasteiger partial charge in [0.2, 0.25) is 0 Å². The third-order valence-corrected chi connectivity index (χ3v) is 17.5. The molecule has 0 radical (unpaired) electrons. The second-order valence-corrected chi connectivity index (χ2v) is 24.2. The van der Waals surface area contributed by atoms with Crippen LogP contribution in [0, 0.1) is 23.3 Å². The van der Waals surface area contributed by atoms with E-state index in [2.05, 4.69) is 104 Å².